The molecule has 0 unspecified atom stereocenters. The van der Waals surface area contributed by atoms with E-state index in [1.54, 1.807) is 50.1 Å². The zero-order valence-electron chi connectivity index (χ0n) is 42.8. The lowest BCUT2D eigenvalue weighted by molar-refractivity contribution is -0.115. The van der Waals surface area contributed by atoms with Crippen molar-refractivity contribution in [2.45, 2.75) is 106 Å². The van der Waals surface area contributed by atoms with Gasteiger partial charge >= 0.3 is 0 Å². The summed E-state index contributed by atoms with van der Waals surface area (Å²) in [6.45, 7) is 20.4. The van der Waals surface area contributed by atoms with Crippen LogP contribution >= 0.6 is 0 Å². The molecule has 27 heteroatoms. The Morgan fingerprint density at radius 2 is 1.11 bits per heavy atom. The highest BCUT2D eigenvalue weighted by atomic mass is 16.2. The lowest BCUT2D eigenvalue weighted by Crippen LogP contribution is -2.20. The summed E-state index contributed by atoms with van der Waals surface area (Å²) in [6.07, 6.45) is 18.4. The molecule has 0 atom stereocenters. The number of pyridine rings is 1. The molecule has 12 aromatic heterocycles. The summed E-state index contributed by atoms with van der Waals surface area (Å²) in [5.74, 6) is 1.16. The van der Waals surface area contributed by atoms with Gasteiger partial charge in [-0.15, -0.1) is 0 Å². The molecule has 0 fully saturated rings. The van der Waals surface area contributed by atoms with Crippen molar-refractivity contribution in [3.8, 4) is 0 Å². The molecule has 1 amide bonds. The van der Waals surface area contributed by atoms with Crippen LogP contribution in [0.4, 0.5) is 11.6 Å². The monoisotopic (exact) mass is 1020 g/mol. The second-order valence-corrected chi connectivity index (χ2v) is 18.9. The number of H-pyrrole nitrogens is 3. The summed E-state index contributed by atoms with van der Waals surface area (Å²) in [5.41, 5.74) is 11.0. The van der Waals surface area contributed by atoms with E-state index in [2.05, 4.69) is 83.5 Å². The molecule has 12 aromatic rings. The summed E-state index contributed by atoms with van der Waals surface area (Å²) in [5, 5.41) is 3.60. The molecule has 75 heavy (non-hydrogen) atoms. The average Bonchev–Trinajstić information content (AvgIpc) is 4.21. The van der Waals surface area contributed by atoms with Crippen LogP contribution in [0.1, 0.15) is 99.4 Å². The van der Waals surface area contributed by atoms with Crippen molar-refractivity contribution in [3.05, 3.63) is 122 Å². The van der Waals surface area contributed by atoms with Gasteiger partial charge in [-0.3, -0.25) is 43.2 Å². The number of fused-ring (bicyclic) bond motifs is 9. The Hall–Kier alpha value is -9.56. The number of nitrogens with zero attached hydrogens (tertiary/aromatic N) is 17. The standard InChI is InChI=1S/C10H11N5O2.2C10H11N5O.C10H13N3.C8H10N4O/c1-5(2)15-4-11-7-8(15)13-10-12-6(16)3-14(10)9(7)17;1-6(2)15-5-12-7-8(16)13-10-11-3-4-14(10)9(7)15;1-6(2)15-5-12-7-8(15)13-10-11-3-4-14(10)9(7)16;1-7(2)13-6-4-8-9(11)3-5-12-10(8)13;1-5(2)12-4-11-6-7(12)9-3-10-8(6)13/h4-5H,3H2,1-2H3,(H,12,13,16);3-6H,1-2H3,(H,11,13,16);3-6H,1-2H3,(H,11,13);3-7H,1-2H3,(H2,11,12);3-5H,1-2H3,(H,9,10,13). The van der Waals surface area contributed by atoms with Gasteiger partial charge in [0, 0.05) is 78.5 Å². The Bertz CT molecular complexity index is 4290. The van der Waals surface area contributed by atoms with E-state index in [4.69, 9.17) is 5.73 Å². The molecule has 6 N–H and O–H groups in total. The zero-order valence-corrected chi connectivity index (χ0v) is 42.8. The van der Waals surface area contributed by atoms with Gasteiger partial charge in [-0.25, -0.2) is 44.3 Å². The zero-order chi connectivity index (χ0) is 53.6. The molecule has 0 aromatic carbocycles. The van der Waals surface area contributed by atoms with Gasteiger partial charge in [-0.1, -0.05) is 0 Å². The van der Waals surface area contributed by atoms with Crippen molar-refractivity contribution in [1.82, 2.24) is 96.0 Å². The molecule has 0 saturated heterocycles. The van der Waals surface area contributed by atoms with Crippen LogP contribution in [0.5, 0.6) is 0 Å². The van der Waals surface area contributed by atoms with Crippen LogP contribution < -0.4 is 33.3 Å². The number of nitrogen functional groups attached to an aromatic ring is 1. The maximum absolute atomic E-state index is 12.1. The number of aromatic amines is 3. The van der Waals surface area contributed by atoms with Gasteiger partial charge in [-0.2, -0.15) is 4.98 Å². The number of anilines is 2. The van der Waals surface area contributed by atoms with E-state index in [1.807, 2.05) is 103 Å². The first-order valence-electron chi connectivity index (χ1n) is 24.1. The van der Waals surface area contributed by atoms with Gasteiger partial charge in [0.15, 0.2) is 39.0 Å². The number of hydrogen-bond acceptors (Lipinski definition) is 15. The molecule has 0 aliphatic carbocycles. The number of nitrogens with two attached hydrogens (primary N) is 1. The fourth-order valence-electron chi connectivity index (χ4n) is 8.34. The van der Waals surface area contributed by atoms with Crippen molar-refractivity contribution >= 4 is 84.8 Å². The van der Waals surface area contributed by atoms with E-state index >= 15 is 0 Å². The number of carbonyl (C=O) groups is 1. The minimum absolute atomic E-state index is 0.0195. The highest BCUT2D eigenvalue weighted by Crippen LogP contribution is 2.23. The summed E-state index contributed by atoms with van der Waals surface area (Å²) in [6, 6.07) is 5.18. The topological polar surface area (TPSA) is 325 Å². The van der Waals surface area contributed by atoms with Gasteiger partial charge in [0.2, 0.25) is 23.4 Å². The van der Waals surface area contributed by atoms with Crippen LogP contribution in [0.2, 0.25) is 0 Å². The molecule has 0 bridgehead atoms. The third-order valence-corrected chi connectivity index (χ3v) is 12.2. The Kier molecular flexibility index (Phi) is 13.5. The highest BCUT2D eigenvalue weighted by Gasteiger charge is 2.24. The Morgan fingerprint density at radius 3 is 1.79 bits per heavy atom. The smallest absolute Gasteiger partial charge is 0.287 e. The fraction of sp³-hybridized carbons (Fsp3) is 0.333. The molecule has 0 radical (unpaired) electrons. The van der Waals surface area contributed by atoms with Gasteiger partial charge in [-0.05, 0) is 81.4 Å². The summed E-state index contributed by atoms with van der Waals surface area (Å²) in [4.78, 5) is 104. The maximum atomic E-state index is 12.1. The molecule has 27 nitrogen and oxygen atoms in total. The predicted octanol–water partition coefficient (Wildman–Crippen LogP) is 4.93. The van der Waals surface area contributed by atoms with Crippen LogP contribution in [0.25, 0.3) is 67.2 Å². The first kappa shape index (κ1) is 50.4. The SMILES string of the molecule is CC(C)n1ccc2c(N)ccnc21.CC(C)n1cnc2c(=O)[nH]c3nccn3c21.CC(C)n1cnc2c(=O)[nH]cnc21.CC(C)n1cnc2c(=O)n3c(nc21)NC(=O)C3.CC(C)n1cnc2c(=O)n3ccnc3[nH]c21. The number of aromatic nitrogens is 20. The normalized spacial score (nSPS) is 12.3. The molecule has 1 aliphatic heterocycles. The number of hydrogen-bond donors (Lipinski definition) is 5. The Balaban J connectivity index is 0.000000115. The van der Waals surface area contributed by atoms with E-state index in [0.717, 1.165) is 28.0 Å². The Morgan fingerprint density at radius 1 is 0.520 bits per heavy atom. The van der Waals surface area contributed by atoms with Crippen molar-refractivity contribution in [2.24, 2.45) is 0 Å². The average molecular weight is 1020 g/mol. The molecule has 13 rings (SSSR count). The first-order chi connectivity index (χ1) is 35.8. The largest absolute Gasteiger partial charge is 0.398 e. The number of nitrogens with one attached hydrogen (secondary N) is 4. The summed E-state index contributed by atoms with van der Waals surface area (Å²) in [7, 11) is 0. The summed E-state index contributed by atoms with van der Waals surface area (Å²) >= 11 is 0. The van der Waals surface area contributed by atoms with Crippen LogP contribution in [0.15, 0.2) is 100 Å². The molecular weight excluding hydrogens is 965 g/mol. The van der Waals surface area contributed by atoms with Crippen molar-refractivity contribution in [3.63, 3.8) is 0 Å². The number of rotatable bonds is 5. The van der Waals surface area contributed by atoms with Crippen LogP contribution in [-0.2, 0) is 11.3 Å². The molecule has 0 saturated carbocycles. The van der Waals surface area contributed by atoms with Crippen molar-refractivity contribution in [2.75, 3.05) is 11.1 Å². The second kappa shape index (κ2) is 20.2. The fourth-order valence-corrected chi connectivity index (χ4v) is 8.34. The summed E-state index contributed by atoms with van der Waals surface area (Å²) < 4.78 is 14.3. The van der Waals surface area contributed by atoms with E-state index in [9.17, 15) is 24.0 Å². The van der Waals surface area contributed by atoms with Crippen LogP contribution in [-0.4, -0.2) is 102 Å². The van der Waals surface area contributed by atoms with E-state index in [1.165, 1.54) is 15.3 Å². The van der Waals surface area contributed by atoms with Crippen molar-refractivity contribution < 1.29 is 4.79 Å². The van der Waals surface area contributed by atoms with Crippen molar-refractivity contribution in [1.29, 1.82) is 0 Å². The third-order valence-electron chi connectivity index (χ3n) is 12.2. The molecule has 1 aliphatic rings. The van der Waals surface area contributed by atoms with E-state index in [-0.39, 0.29) is 58.9 Å². The van der Waals surface area contributed by atoms with Gasteiger partial charge in [0.1, 0.15) is 17.8 Å². The highest BCUT2D eigenvalue weighted by molar-refractivity contribution is 5.93. The predicted molar refractivity (Wildman–Crippen MR) is 283 cm³/mol. The van der Waals surface area contributed by atoms with Gasteiger partial charge < -0.3 is 38.5 Å². The minimum atomic E-state index is -0.275. The van der Waals surface area contributed by atoms with E-state index in [0.29, 0.717) is 56.9 Å². The lowest BCUT2D eigenvalue weighted by Gasteiger charge is -2.08. The Labute approximate surface area is 423 Å². The lowest BCUT2D eigenvalue weighted by atomic mass is 10.3. The number of amides is 1. The minimum Gasteiger partial charge on any atom is -0.398 e. The molecular formula is C48H56N22O5. The quantitative estimate of drug-likeness (QED) is 0.153. The first-order valence-corrected chi connectivity index (χ1v) is 24.1. The molecule has 13 heterocycles. The van der Waals surface area contributed by atoms with Gasteiger partial charge in [0.25, 0.3) is 22.2 Å². The number of imidazole rings is 6. The maximum Gasteiger partial charge on any atom is 0.287 e. The second-order valence-electron chi connectivity index (χ2n) is 18.9. The number of carbonyl (C=O) groups excluding carboxylic acids is 1. The van der Waals surface area contributed by atoms with Gasteiger partial charge in [0.05, 0.1) is 31.6 Å². The molecule has 388 valence electrons. The van der Waals surface area contributed by atoms with Crippen LogP contribution in [0.3, 0.4) is 0 Å². The third kappa shape index (κ3) is 9.41. The molecule has 0 spiro atoms. The van der Waals surface area contributed by atoms with Crippen LogP contribution in [0, 0.1) is 0 Å². The van der Waals surface area contributed by atoms with E-state index < -0.39 is 0 Å².